The number of thioether (sulfide) groups is 1. The predicted octanol–water partition coefficient (Wildman–Crippen LogP) is 5.11. The van der Waals surface area contributed by atoms with E-state index in [0.717, 1.165) is 18.4 Å². The zero-order valence-electron chi connectivity index (χ0n) is 20.2. The van der Waals surface area contributed by atoms with Crippen LogP contribution in [0, 0.1) is 5.92 Å². The fourth-order valence-electron chi connectivity index (χ4n) is 3.70. The number of esters is 1. The molecular weight excluding hydrogens is 440 g/mol. The number of aliphatic imine (C=N–C) groups is 1. The van der Waals surface area contributed by atoms with Gasteiger partial charge in [0.1, 0.15) is 0 Å². The number of hydrogen-bond donors (Lipinski definition) is 0. The maximum absolute atomic E-state index is 13.2. The number of carbonyl (C=O) groups is 2. The molecule has 180 valence electrons. The predicted molar refractivity (Wildman–Crippen MR) is 131 cm³/mol. The second-order valence-corrected chi connectivity index (χ2v) is 9.55. The second-order valence-electron chi connectivity index (χ2n) is 8.49. The van der Waals surface area contributed by atoms with Crippen molar-refractivity contribution in [2.75, 3.05) is 25.6 Å². The summed E-state index contributed by atoms with van der Waals surface area (Å²) in [7, 11) is 0. The molecule has 1 atom stereocenters. The Labute approximate surface area is 200 Å². The summed E-state index contributed by atoms with van der Waals surface area (Å²) in [6, 6.07) is 5.00. The van der Waals surface area contributed by atoms with Crippen LogP contribution in [0.5, 0.6) is 11.5 Å². The molecular formula is C25H34N2O5S. The van der Waals surface area contributed by atoms with Crippen LogP contribution in [0.2, 0.25) is 0 Å². The highest BCUT2D eigenvalue weighted by atomic mass is 32.2. The first-order chi connectivity index (χ1) is 15.9. The van der Waals surface area contributed by atoms with Crippen molar-refractivity contribution in [3.8, 4) is 11.5 Å². The molecule has 0 radical (unpaired) electrons. The van der Waals surface area contributed by atoms with E-state index in [2.05, 4.69) is 11.9 Å². The second kappa shape index (κ2) is 11.6. The first-order valence-corrected chi connectivity index (χ1v) is 12.7. The standard InChI is InChI=1S/C25H34N2O5S/c1-6-8-12-31-19-10-9-18(14-20(19)30-7-2)23-22(24(29)32-15-16(3)4)17(5)26-25-27(23)21(28)11-13-33-25/h9-10,14,16,23H,6-8,11-13,15H2,1-5H3. The normalized spacial score (nSPS) is 18.2. The lowest BCUT2D eigenvalue weighted by Gasteiger charge is -2.39. The number of hydrogen-bond acceptors (Lipinski definition) is 7. The molecule has 2 aliphatic heterocycles. The van der Waals surface area contributed by atoms with Crippen LogP contribution in [0.1, 0.15) is 65.5 Å². The van der Waals surface area contributed by atoms with Crippen molar-refractivity contribution in [3.63, 3.8) is 0 Å². The van der Waals surface area contributed by atoms with Gasteiger partial charge in [0.15, 0.2) is 16.7 Å². The Bertz CT molecular complexity index is 941. The van der Waals surface area contributed by atoms with Gasteiger partial charge in [-0.25, -0.2) is 9.79 Å². The van der Waals surface area contributed by atoms with Crippen molar-refractivity contribution in [3.05, 3.63) is 35.0 Å². The third-order valence-electron chi connectivity index (χ3n) is 5.31. The van der Waals surface area contributed by atoms with Gasteiger partial charge >= 0.3 is 5.97 Å². The van der Waals surface area contributed by atoms with Gasteiger partial charge in [0.25, 0.3) is 0 Å². The summed E-state index contributed by atoms with van der Waals surface area (Å²) >= 11 is 1.53. The minimum Gasteiger partial charge on any atom is -0.490 e. The molecule has 1 aromatic rings. The van der Waals surface area contributed by atoms with E-state index in [0.29, 0.717) is 59.9 Å². The third-order valence-corrected chi connectivity index (χ3v) is 6.27. The molecule has 3 rings (SSSR count). The minimum atomic E-state index is -0.624. The Morgan fingerprint density at radius 1 is 1.24 bits per heavy atom. The molecule has 0 aliphatic carbocycles. The van der Waals surface area contributed by atoms with Gasteiger partial charge in [0, 0.05) is 12.2 Å². The van der Waals surface area contributed by atoms with Gasteiger partial charge in [-0.1, -0.05) is 45.0 Å². The van der Waals surface area contributed by atoms with Crippen molar-refractivity contribution >= 4 is 28.8 Å². The molecule has 8 heteroatoms. The number of ether oxygens (including phenoxy) is 3. The number of fused-ring (bicyclic) bond motifs is 1. The molecule has 0 spiro atoms. The Kier molecular flexibility index (Phi) is 8.83. The van der Waals surface area contributed by atoms with E-state index in [-0.39, 0.29) is 11.8 Å². The van der Waals surface area contributed by atoms with Crippen molar-refractivity contribution in [1.82, 2.24) is 4.90 Å². The van der Waals surface area contributed by atoms with Crippen molar-refractivity contribution in [2.45, 2.75) is 59.9 Å². The molecule has 7 nitrogen and oxygen atoms in total. The summed E-state index contributed by atoms with van der Waals surface area (Å²) in [5.41, 5.74) is 1.72. The molecule has 33 heavy (non-hydrogen) atoms. The zero-order valence-corrected chi connectivity index (χ0v) is 21.0. The van der Waals surface area contributed by atoms with Crippen molar-refractivity contribution in [2.24, 2.45) is 10.9 Å². The van der Waals surface area contributed by atoms with Gasteiger partial charge in [-0.05, 0) is 43.9 Å². The fourth-order valence-corrected chi connectivity index (χ4v) is 4.71. The zero-order chi connectivity index (χ0) is 24.0. The van der Waals surface area contributed by atoms with Gasteiger partial charge in [0.05, 0.1) is 37.1 Å². The lowest BCUT2D eigenvalue weighted by molar-refractivity contribution is -0.141. The molecule has 2 heterocycles. The highest BCUT2D eigenvalue weighted by Gasteiger charge is 2.42. The van der Waals surface area contributed by atoms with Crippen LogP contribution >= 0.6 is 11.8 Å². The van der Waals surface area contributed by atoms with Crippen LogP contribution in [-0.2, 0) is 14.3 Å². The molecule has 1 fully saturated rings. The van der Waals surface area contributed by atoms with Crippen LogP contribution in [0.25, 0.3) is 0 Å². The monoisotopic (exact) mass is 474 g/mol. The summed E-state index contributed by atoms with van der Waals surface area (Å²) in [5.74, 6) is 1.63. The molecule has 0 N–H and O–H groups in total. The topological polar surface area (TPSA) is 77.4 Å². The number of amides is 1. The summed E-state index contributed by atoms with van der Waals surface area (Å²) in [5, 5.41) is 0.621. The molecule has 1 saturated heterocycles. The van der Waals surface area contributed by atoms with Crippen LogP contribution in [0.15, 0.2) is 34.5 Å². The van der Waals surface area contributed by atoms with Crippen molar-refractivity contribution in [1.29, 1.82) is 0 Å². The Hall–Kier alpha value is -2.48. The summed E-state index contributed by atoms with van der Waals surface area (Å²) in [6.07, 6.45) is 2.38. The third kappa shape index (κ3) is 5.91. The van der Waals surface area contributed by atoms with Crippen LogP contribution in [-0.4, -0.2) is 47.5 Å². The van der Waals surface area contributed by atoms with Gasteiger partial charge in [0.2, 0.25) is 5.91 Å². The Morgan fingerprint density at radius 3 is 2.73 bits per heavy atom. The molecule has 0 aromatic heterocycles. The Morgan fingerprint density at radius 2 is 2.03 bits per heavy atom. The maximum Gasteiger partial charge on any atom is 0.338 e. The first kappa shape index (κ1) is 25.1. The first-order valence-electron chi connectivity index (χ1n) is 11.7. The van der Waals surface area contributed by atoms with E-state index in [1.807, 2.05) is 39.0 Å². The summed E-state index contributed by atoms with van der Waals surface area (Å²) < 4.78 is 17.4. The van der Waals surface area contributed by atoms with E-state index < -0.39 is 12.0 Å². The largest absolute Gasteiger partial charge is 0.490 e. The van der Waals surface area contributed by atoms with Crippen LogP contribution in [0.3, 0.4) is 0 Å². The average molecular weight is 475 g/mol. The number of allylic oxidation sites excluding steroid dienone is 1. The van der Waals surface area contributed by atoms with Gasteiger partial charge < -0.3 is 14.2 Å². The lowest BCUT2D eigenvalue weighted by atomic mass is 9.93. The molecule has 1 amide bonds. The number of amidine groups is 1. The average Bonchev–Trinajstić information content (AvgIpc) is 2.78. The minimum absolute atomic E-state index is 0.0552. The van der Waals surface area contributed by atoms with E-state index >= 15 is 0 Å². The number of nitrogens with zero attached hydrogens (tertiary/aromatic N) is 2. The van der Waals surface area contributed by atoms with E-state index in [1.165, 1.54) is 11.8 Å². The molecule has 1 aromatic carbocycles. The van der Waals surface area contributed by atoms with Crippen molar-refractivity contribution < 1.29 is 23.8 Å². The molecule has 2 aliphatic rings. The van der Waals surface area contributed by atoms with E-state index in [9.17, 15) is 9.59 Å². The molecule has 1 unspecified atom stereocenters. The summed E-state index contributed by atoms with van der Waals surface area (Å²) in [6.45, 7) is 11.2. The van der Waals surface area contributed by atoms with Gasteiger partial charge in [-0.2, -0.15) is 0 Å². The Balaban J connectivity index is 2.05. The number of rotatable bonds is 10. The number of unbranched alkanes of at least 4 members (excludes halogenated alkanes) is 1. The van der Waals surface area contributed by atoms with E-state index in [1.54, 1.807) is 11.8 Å². The highest BCUT2D eigenvalue weighted by molar-refractivity contribution is 8.14. The maximum atomic E-state index is 13.2. The highest BCUT2D eigenvalue weighted by Crippen LogP contribution is 2.42. The SMILES string of the molecule is CCCCOc1ccc(C2C(C(=O)OCC(C)C)=C(C)N=C3SCCC(=O)N32)cc1OCC. The smallest absolute Gasteiger partial charge is 0.338 e. The van der Waals surface area contributed by atoms with Gasteiger partial charge in [-0.3, -0.25) is 9.69 Å². The lowest BCUT2D eigenvalue weighted by Crippen LogP contribution is -2.45. The van der Waals surface area contributed by atoms with E-state index in [4.69, 9.17) is 14.2 Å². The quantitative estimate of drug-likeness (QED) is 0.346. The van der Waals surface area contributed by atoms with Crippen LogP contribution in [0.4, 0.5) is 0 Å². The number of carbonyl (C=O) groups excluding carboxylic acids is 2. The number of benzene rings is 1. The fraction of sp³-hybridized carbons (Fsp3) is 0.560. The molecule has 0 saturated carbocycles. The van der Waals surface area contributed by atoms with Crippen LogP contribution < -0.4 is 9.47 Å². The summed E-state index contributed by atoms with van der Waals surface area (Å²) in [4.78, 5) is 32.4. The molecule has 0 bridgehead atoms. The van der Waals surface area contributed by atoms with Gasteiger partial charge in [-0.15, -0.1) is 0 Å².